The number of aryl methyl sites for hydroxylation is 1. The van der Waals surface area contributed by atoms with E-state index in [9.17, 15) is 19.7 Å². The molecule has 2 aromatic carbocycles. The third-order valence-electron chi connectivity index (χ3n) is 4.88. The van der Waals surface area contributed by atoms with E-state index in [1.807, 2.05) is 13.0 Å². The number of aromatic nitrogens is 1. The van der Waals surface area contributed by atoms with E-state index in [4.69, 9.17) is 4.42 Å². The molecule has 0 aliphatic heterocycles. The molecule has 0 fully saturated rings. The summed E-state index contributed by atoms with van der Waals surface area (Å²) in [5.41, 5.74) is 1.92. The van der Waals surface area contributed by atoms with Crippen LogP contribution in [0.15, 0.2) is 57.7 Å². The van der Waals surface area contributed by atoms with Crippen LogP contribution in [-0.2, 0) is 11.3 Å². The highest BCUT2D eigenvalue weighted by Crippen LogP contribution is 2.23. The van der Waals surface area contributed by atoms with Gasteiger partial charge >= 0.3 is 5.76 Å². The molecule has 0 saturated carbocycles. The molecule has 3 rings (SSSR count). The number of carbonyl (C=O) groups is 1. The fraction of sp³-hybridized carbons (Fsp3) is 0.300. The maximum Gasteiger partial charge on any atom is 0.419 e. The Balaban J connectivity index is 1.62. The van der Waals surface area contributed by atoms with E-state index < -0.39 is 10.7 Å². The molecule has 8 heteroatoms. The van der Waals surface area contributed by atoms with Crippen LogP contribution in [0.1, 0.15) is 31.4 Å². The summed E-state index contributed by atoms with van der Waals surface area (Å²) in [6.45, 7) is 2.20. The Labute approximate surface area is 161 Å². The highest BCUT2D eigenvalue weighted by molar-refractivity contribution is 5.76. The van der Waals surface area contributed by atoms with Gasteiger partial charge in [0.25, 0.3) is 5.69 Å². The second-order valence-corrected chi connectivity index (χ2v) is 6.62. The zero-order valence-corrected chi connectivity index (χ0v) is 15.7. The van der Waals surface area contributed by atoms with Crippen LogP contribution in [0.3, 0.4) is 0 Å². The molecule has 0 radical (unpaired) electrons. The average molecular weight is 383 g/mol. The summed E-state index contributed by atoms with van der Waals surface area (Å²) in [6, 6.07) is 13.1. The number of hydrogen-bond acceptors (Lipinski definition) is 5. The van der Waals surface area contributed by atoms with Crippen LogP contribution in [-0.4, -0.2) is 27.3 Å². The van der Waals surface area contributed by atoms with Gasteiger partial charge in [0.05, 0.1) is 16.5 Å². The summed E-state index contributed by atoms with van der Waals surface area (Å²) in [7, 11) is 1.67. The van der Waals surface area contributed by atoms with Crippen molar-refractivity contribution in [3.63, 3.8) is 0 Å². The van der Waals surface area contributed by atoms with Crippen LogP contribution in [0, 0.1) is 10.1 Å². The lowest BCUT2D eigenvalue weighted by Crippen LogP contribution is -2.29. The first kappa shape index (κ1) is 19.3. The molecule has 1 heterocycles. The number of non-ortho nitro benzene ring substituents is 1. The van der Waals surface area contributed by atoms with E-state index in [1.165, 1.54) is 16.7 Å². The first-order chi connectivity index (χ1) is 13.4. The Morgan fingerprint density at radius 3 is 2.75 bits per heavy atom. The normalized spacial score (nSPS) is 12.1. The minimum Gasteiger partial charge on any atom is -0.408 e. The van der Waals surface area contributed by atoms with Gasteiger partial charge in [0, 0.05) is 32.1 Å². The summed E-state index contributed by atoms with van der Waals surface area (Å²) in [5, 5.41) is 10.9. The number of oxazole rings is 1. The van der Waals surface area contributed by atoms with E-state index in [2.05, 4.69) is 0 Å². The van der Waals surface area contributed by atoms with E-state index in [1.54, 1.807) is 42.3 Å². The summed E-state index contributed by atoms with van der Waals surface area (Å²) >= 11 is 0. The summed E-state index contributed by atoms with van der Waals surface area (Å²) in [6.07, 6.45) is 0.732. The van der Waals surface area contributed by atoms with Crippen molar-refractivity contribution in [2.75, 3.05) is 7.05 Å². The van der Waals surface area contributed by atoms with Crippen LogP contribution in [0.4, 0.5) is 5.69 Å². The lowest BCUT2D eigenvalue weighted by atomic mass is 10.1. The first-order valence-electron chi connectivity index (χ1n) is 8.97. The topological polar surface area (TPSA) is 98.6 Å². The van der Waals surface area contributed by atoms with Crippen molar-refractivity contribution in [1.82, 2.24) is 9.47 Å². The van der Waals surface area contributed by atoms with Crippen molar-refractivity contribution >= 4 is 22.7 Å². The summed E-state index contributed by atoms with van der Waals surface area (Å²) in [4.78, 5) is 36.6. The predicted octanol–water partition coefficient (Wildman–Crippen LogP) is 3.50. The molecule has 0 aliphatic carbocycles. The smallest absolute Gasteiger partial charge is 0.408 e. The summed E-state index contributed by atoms with van der Waals surface area (Å²) in [5.74, 6) is -0.535. The molecule has 3 aromatic rings. The van der Waals surface area contributed by atoms with Gasteiger partial charge in [-0.05, 0) is 31.0 Å². The quantitative estimate of drug-likeness (QED) is 0.459. The third-order valence-corrected chi connectivity index (χ3v) is 4.88. The lowest BCUT2D eigenvalue weighted by Gasteiger charge is -2.25. The van der Waals surface area contributed by atoms with Gasteiger partial charge in [0.1, 0.15) is 0 Å². The molecule has 1 aromatic heterocycles. The minimum absolute atomic E-state index is 0.00332. The molecule has 1 amide bonds. The largest absolute Gasteiger partial charge is 0.419 e. The molecule has 0 bridgehead atoms. The lowest BCUT2D eigenvalue weighted by molar-refractivity contribution is -0.384. The highest BCUT2D eigenvalue weighted by atomic mass is 16.6. The molecule has 1 atom stereocenters. The fourth-order valence-electron chi connectivity index (χ4n) is 3.13. The van der Waals surface area contributed by atoms with Gasteiger partial charge in [0.15, 0.2) is 5.58 Å². The molecule has 0 spiro atoms. The van der Waals surface area contributed by atoms with Gasteiger partial charge < -0.3 is 9.32 Å². The molecule has 146 valence electrons. The van der Waals surface area contributed by atoms with Crippen molar-refractivity contribution < 1.29 is 14.1 Å². The van der Waals surface area contributed by atoms with Crippen molar-refractivity contribution in [2.24, 2.45) is 0 Å². The third kappa shape index (κ3) is 3.95. The fourth-order valence-corrected chi connectivity index (χ4v) is 3.13. The summed E-state index contributed by atoms with van der Waals surface area (Å²) < 4.78 is 6.71. The second-order valence-electron chi connectivity index (χ2n) is 6.62. The van der Waals surface area contributed by atoms with Crippen LogP contribution >= 0.6 is 0 Å². The molecule has 28 heavy (non-hydrogen) atoms. The number of nitro groups is 1. The van der Waals surface area contributed by atoms with Crippen molar-refractivity contribution in [2.45, 2.75) is 32.4 Å². The van der Waals surface area contributed by atoms with E-state index in [-0.39, 0.29) is 24.1 Å². The molecule has 0 saturated heterocycles. The van der Waals surface area contributed by atoms with E-state index >= 15 is 0 Å². The first-order valence-corrected chi connectivity index (χ1v) is 8.97. The Hall–Kier alpha value is -3.42. The average Bonchev–Trinajstić information content (AvgIpc) is 3.02. The number of benzene rings is 2. The number of amides is 1. The van der Waals surface area contributed by atoms with Crippen molar-refractivity contribution in [3.05, 3.63) is 74.8 Å². The van der Waals surface area contributed by atoms with Crippen molar-refractivity contribution in [3.8, 4) is 0 Å². The Morgan fingerprint density at radius 1 is 1.25 bits per heavy atom. The van der Waals surface area contributed by atoms with Crippen LogP contribution in [0.5, 0.6) is 0 Å². The zero-order chi connectivity index (χ0) is 20.3. The van der Waals surface area contributed by atoms with Gasteiger partial charge in [0.2, 0.25) is 5.91 Å². The number of nitro benzene ring substituents is 1. The molecule has 0 aliphatic rings. The SMILES string of the molecule is C[C@H](c1cccc([N+](=O)[O-])c1)N(C)C(=O)CCCn1c(=O)oc2ccccc21. The molecule has 8 nitrogen and oxygen atoms in total. The van der Waals surface area contributed by atoms with Crippen LogP contribution in [0.25, 0.3) is 11.1 Å². The molecular formula is C20H21N3O5. The number of nitrogens with zero attached hydrogens (tertiary/aromatic N) is 3. The Kier molecular flexibility index (Phi) is 5.58. The van der Waals surface area contributed by atoms with Gasteiger partial charge in [-0.15, -0.1) is 0 Å². The molecular weight excluding hydrogens is 362 g/mol. The maximum absolute atomic E-state index is 12.5. The van der Waals surface area contributed by atoms with E-state index in [0.29, 0.717) is 29.6 Å². The zero-order valence-electron chi connectivity index (χ0n) is 15.7. The standard InChI is InChI=1S/C20H21N3O5/c1-14(15-7-5-8-16(13-15)23(26)27)21(2)19(24)11-6-12-22-17-9-3-4-10-18(17)28-20(22)25/h3-5,7-10,13-14H,6,11-12H2,1-2H3/t14-/m1/s1. The highest BCUT2D eigenvalue weighted by Gasteiger charge is 2.19. The van der Waals surface area contributed by atoms with E-state index in [0.717, 1.165) is 0 Å². The van der Waals surface area contributed by atoms with Gasteiger partial charge in [-0.25, -0.2) is 4.79 Å². The van der Waals surface area contributed by atoms with Gasteiger partial charge in [-0.1, -0.05) is 24.3 Å². The Bertz CT molecular complexity index is 1070. The van der Waals surface area contributed by atoms with Crippen LogP contribution in [0.2, 0.25) is 0 Å². The number of para-hydroxylation sites is 2. The Morgan fingerprint density at radius 2 is 2.00 bits per heavy atom. The van der Waals surface area contributed by atoms with Gasteiger partial charge in [-0.2, -0.15) is 0 Å². The number of hydrogen-bond donors (Lipinski definition) is 0. The van der Waals surface area contributed by atoms with Crippen molar-refractivity contribution in [1.29, 1.82) is 0 Å². The number of fused-ring (bicyclic) bond motifs is 1. The number of carbonyl (C=O) groups excluding carboxylic acids is 1. The maximum atomic E-state index is 12.5. The number of rotatable bonds is 7. The molecule has 0 N–H and O–H groups in total. The monoisotopic (exact) mass is 383 g/mol. The molecule has 0 unspecified atom stereocenters. The minimum atomic E-state index is -0.453. The second kappa shape index (κ2) is 8.08. The van der Waals surface area contributed by atoms with Crippen LogP contribution < -0.4 is 5.76 Å². The van der Waals surface area contributed by atoms with Gasteiger partial charge in [-0.3, -0.25) is 19.5 Å². The predicted molar refractivity (Wildman–Crippen MR) is 104 cm³/mol.